The van der Waals surface area contributed by atoms with Gasteiger partial charge < -0.3 is 32.8 Å². The molecule has 0 unspecified atom stereocenters. The molecule has 0 spiro atoms. The summed E-state index contributed by atoms with van der Waals surface area (Å²) >= 11 is 0. The fourth-order valence-electron chi connectivity index (χ4n) is 7.26. The van der Waals surface area contributed by atoms with Crippen LogP contribution < -0.4 is 0 Å². The van der Waals surface area contributed by atoms with Gasteiger partial charge in [-0.15, -0.1) is 0 Å². The first-order valence-corrected chi connectivity index (χ1v) is 20.1. The molecule has 3 aliphatic rings. The minimum atomic E-state index is -1.91. The first-order valence-electron chi connectivity index (χ1n) is 17.2. The molecule has 0 radical (unpaired) electrons. The summed E-state index contributed by atoms with van der Waals surface area (Å²) in [6, 6.07) is 0. The summed E-state index contributed by atoms with van der Waals surface area (Å²) in [5.74, 6) is 1.81. The van der Waals surface area contributed by atoms with Gasteiger partial charge in [-0.1, -0.05) is 53.2 Å². The molecule has 2 heterocycles. The van der Waals surface area contributed by atoms with Gasteiger partial charge in [-0.05, 0) is 76.7 Å². The number of hydrogen-bond acceptors (Lipinski definition) is 7. The molecule has 3 rings (SSSR count). The molecule has 45 heavy (non-hydrogen) atoms. The lowest BCUT2D eigenvalue weighted by Crippen LogP contribution is -2.45. The van der Waals surface area contributed by atoms with Crippen molar-refractivity contribution in [1.82, 2.24) is 0 Å². The van der Waals surface area contributed by atoms with Gasteiger partial charge in [0.05, 0.1) is 36.4 Å². The Hall–Kier alpha value is -1.16. The van der Waals surface area contributed by atoms with Crippen molar-refractivity contribution >= 4 is 8.32 Å². The van der Waals surface area contributed by atoms with Crippen molar-refractivity contribution in [2.24, 2.45) is 17.8 Å². The van der Waals surface area contributed by atoms with Gasteiger partial charge in [0.2, 0.25) is 0 Å². The molecular weight excluding hydrogens is 584 g/mol. The Balaban J connectivity index is 2.02. The molecule has 0 aromatic carbocycles. The van der Waals surface area contributed by atoms with Crippen molar-refractivity contribution in [2.45, 2.75) is 156 Å². The Kier molecular flexibility index (Phi) is 12.7. The number of methoxy groups -OCH3 is 2. The smallest absolute Gasteiger partial charge is 0.191 e. The molecular formula is C37H66O7Si. The third-order valence-electron chi connectivity index (χ3n) is 10.8. The van der Waals surface area contributed by atoms with Gasteiger partial charge in [0.25, 0.3) is 0 Å². The predicted molar refractivity (Wildman–Crippen MR) is 184 cm³/mol. The highest BCUT2D eigenvalue weighted by atomic mass is 28.4. The van der Waals surface area contributed by atoms with Crippen LogP contribution in [0.5, 0.6) is 0 Å². The maximum absolute atomic E-state index is 7.11. The van der Waals surface area contributed by atoms with E-state index in [0.29, 0.717) is 13.0 Å². The molecule has 260 valence electrons. The quantitative estimate of drug-likeness (QED) is 0.125. The second kappa shape index (κ2) is 14.9. The Labute approximate surface area is 276 Å². The Morgan fingerprint density at radius 3 is 2.31 bits per heavy atom. The van der Waals surface area contributed by atoms with Gasteiger partial charge in [-0.25, -0.2) is 0 Å². The zero-order chi connectivity index (χ0) is 34.0. The fourth-order valence-corrected chi connectivity index (χ4v) is 8.37. The van der Waals surface area contributed by atoms with Crippen LogP contribution >= 0.6 is 0 Å². The van der Waals surface area contributed by atoms with Crippen molar-refractivity contribution in [3.8, 4) is 0 Å². The maximum atomic E-state index is 7.11. The van der Waals surface area contributed by atoms with Crippen LogP contribution in [0.25, 0.3) is 0 Å². The van der Waals surface area contributed by atoms with Crippen molar-refractivity contribution in [2.75, 3.05) is 27.6 Å². The van der Waals surface area contributed by atoms with Crippen LogP contribution in [0.1, 0.15) is 108 Å². The van der Waals surface area contributed by atoms with E-state index in [-0.39, 0.29) is 47.9 Å². The second-order valence-corrected chi connectivity index (χ2v) is 21.0. The topological polar surface area (TPSA) is 64.6 Å². The molecule has 0 saturated carbocycles. The summed E-state index contributed by atoms with van der Waals surface area (Å²) in [6.45, 7) is 29.8. The van der Waals surface area contributed by atoms with Gasteiger partial charge >= 0.3 is 0 Å². The lowest BCUT2D eigenvalue weighted by Gasteiger charge is -2.41. The standard InChI is InChI=1S/C37H66O7Si/c1-16-28-29-20-31(25(3)19-32(29)39-13)42-30(18-17-24(2)21-37(11)34(28)43-36(9,10)44-37)27(5)33(40-23-38-12)26(4)22-41-45(14,15)35(6,7)8/h17,26-28,30,33-34H,16,18-23H2,1-15H3/b24-17-/t26-,27+,28+,30-,33-,34-,37+/m1/s1. The predicted octanol–water partition coefficient (Wildman–Crippen LogP) is 9.30. The summed E-state index contributed by atoms with van der Waals surface area (Å²) in [5, 5.41) is 0.146. The number of hydrogen-bond donors (Lipinski definition) is 0. The minimum Gasteiger partial charge on any atom is -0.501 e. The van der Waals surface area contributed by atoms with Gasteiger partial charge in [0.15, 0.2) is 14.1 Å². The molecule has 0 amide bonds. The van der Waals surface area contributed by atoms with Crippen molar-refractivity contribution in [3.05, 3.63) is 34.3 Å². The van der Waals surface area contributed by atoms with Crippen LogP contribution in [-0.2, 0) is 32.8 Å². The number of rotatable bonds is 11. The van der Waals surface area contributed by atoms with Crippen LogP contribution in [-0.4, -0.2) is 65.6 Å². The van der Waals surface area contributed by atoms with Crippen molar-refractivity contribution in [3.63, 3.8) is 0 Å². The molecule has 1 aliphatic carbocycles. The summed E-state index contributed by atoms with van der Waals surface area (Å²) in [6.07, 6.45) is 5.99. The lowest BCUT2D eigenvalue weighted by molar-refractivity contribution is -0.161. The molecule has 2 aliphatic heterocycles. The number of allylic oxidation sites excluding steroid dienone is 2. The molecule has 0 aromatic rings. The van der Waals surface area contributed by atoms with Gasteiger partial charge in [-0.2, -0.15) is 0 Å². The van der Waals surface area contributed by atoms with E-state index >= 15 is 0 Å². The van der Waals surface area contributed by atoms with Crippen LogP contribution in [0.4, 0.5) is 0 Å². The summed E-state index contributed by atoms with van der Waals surface area (Å²) < 4.78 is 45.2. The van der Waals surface area contributed by atoms with E-state index in [9.17, 15) is 0 Å². The molecule has 0 aromatic heterocycles. The van der Waals surface area contributed by atoms with E-state index < -0.39 is 19.7 Å². The molecule has 7 atom stereocenters. The van der Waals surface area contributed by atoms with E-state index in [4.69, 9.17) is 32.8 Å². The van der Waals surface area contributed by atoms with Crippen LogP contribution in [0.3, 0.4) is 0 Å². The SMILES string of the molecule is CC[C@H]1C2=C(OC)CC(C)=C(C2)O[C@@H]([C@H](C)[C@H](OCOC)[C@H](C)CO[Si](C)(C)C(C)(C)C)C/C=C(/C)C[C@]2(C)OC(C)(C)O[C@H]12. The first-order chi connectivity index (χ1) is 20.8. The van der Waals surface area contributed by atoms with E-state index in [2.05, 4.69) is 81.5 Å². The number of fused-ring (bicyclic) bond motifs is 3. The normalized spacial score (nSPS) is 31.2. The van der Waals surface area contributed by atoms with E-state index in [1.807, 2.05) is 13.8 Å². The highest BCUT2D eigenvalue weighted by Crippen LogP contribution is 2.49. The summed E-state index contributed by atoms with van der Waals surface area (Å²) in [5.41, 5.74) is 3.31. The van der Waals surface area contributed by atoms with Gasteiger partial charge in [-0.3, -0.25) is 0 Å². The monoisotopic (exact) mass is 650 g/mol. The third kappa shape index (κ3) is 9.05. The van der Waals surface area contributed by atoms with E-state index in [1.165, 1.54) is 16.7 Å². The average Bonchev–Trinajstić information content (AvgIpc) is 3.17. The first kappa shape index (κ1) is 38.3. The van der Waals surface area contributed by atoms with Gasteiger partial charge in [0, 0.05) is 50.7 Å². The molecule has 0 N–H and O–H groups in total. The third-order valence-corrected chi connectivity index (χ3v) is 15.3. The molecule has 1 fully saturated rings. The highest BCUT2D eigenvalue weighted by molar-refractivity contribution is 6.74. The highest BCUT2D eigenvalue weighted by Gasteiger charge is 2.54. The maximum Gasteiger partial charge on any atom is 0.191 e. The fraction of sp³-hybridized carbons (Fsp3) is 0.838. The second-order valence-electron chi connectivity index (χ2n) is 16.1. The molecule has 7 nitrogen and oxygen atoms in total. The largest absolute Gasteiger partial charge is 0.501 e. The van der Waals surface area contributed by atoms with Crippen LogP contribution in [0.15, 0.2) is 34.3 Å². The van der Waals surface area contributed by atoms with Crippen LogP contribution in [0.2, 0.25) is 18.1 Å². The van der Waals surface area contributed by atoms with E-state index in [1.54, 1.807) is 14.2 Å². The molecule has 2 bridgehead atoms. The number of ether oxygens (including phenoxy) is 6. The minimum absolute atomic E-state index is 0.0806. The van der Waals surface area contributed by atoms with Crippen molar-refractivity contribution in [1.29, 1.82) is 0 Å². The zero-order valence-electron chi connectivity index (χ0n) is 31.3. The summed E-state index contributed by atoms with van der Waals surface area (Å²) in [7, 11) is 1.56. The lowest BCUT2D eigenvalue weighted by atomic mass is 9.75. The van der Waals surface area contributed by atoms with Crippen molar-refractivity contribution < 1.29 is 32.8 Å². The zero-order valence-corrected chi connectivity index (χ0v) is 32.3. The molecule has 1 saturated heterocycles. The Bertz CT molecular complexity index is 1100. The Morgan fingerprint density at radius 2 is 1.73 bits per heavy atom. The Morgan fingerprint density at radius 1 is 1.07 bits per heavy atom. The summed E-state index contributed by atoms with van der Waals surface area (Å²) in [4.78, 5) is 0. The van der Waals surface area contributed by atoms with E-state index in [0.717, 1.165) is 37.2 Å². The average molecular weight is 651 g/mol. The van der Waals surface area contributed by atoms with Gasteiger partial charge in [0.1, 0.15) is 12.9 Å². The molecule has 8 heteroatoms. The van der Waals surface area contributed by atoms with Crippen LogP contribution in [0, 0.1) is 17.8 Å².